The quantitative estimate of drug-likeness (QED) is 0.460. The number of imide groups is 1. The Bertz CT molecular complexity index is 1330. The zero-order chi connectivity index (χ0) is 24.4. The second-order valence-electron chi connectivity index (χ2n) is 7.27. The van der Waals surface area contributed by atoms with E-state index in [2.05, 4.69) is 14.8 Å². The summed E-state index contributed by atoms with van der Waals surface area (Å²) in [5, 5.41) is 2.68. The lowest BCUT2D eigenvalue weighted by molar-refractivity contribution is 0.0592. The van der Waals surface area contributed by atoms with Gasteiger partial charge in [0.05, 0.1) is 42.2 Å². The Balaban J connectivity index is 1.54. The fourth-order valence-corrected chi connectivity index (χ4v) is 3.49. The molecule has 170 valence electrons. The van der Waals surface area contributed by atoms with Crippen molar-refractivity contribution in [3.05, 3.63) is 94.5 Å². The van der Waals surface area contributed by atoms with Gasteiger partial charge in [-0.05, 0) is 66.7 Å². The molecule has 0 spiro atoms. The number of fused-ring (bicyclic) bond motifs is 1. The van der Waals surface area contributed by atoms with Crippen LogP contribution in [0.4, 0.5) is 11.4 Å². The highest BCUT2D eigenvalue weighted by Gasteiger charge is 2.37. The van der Waals surface area contributed by atoms with Crippen molar-refractivity contribution in [1.82, 2.24) is 0 Å². The Kier molecular flexibility index (Phi) is 5.92. The van der Waals surface area contributed by atoms with Gasteiger partial charge in [-0.2, -0.15) is 0 Å². The van der Waals surface area contributed by atoms with E-state index in [1.54, 1.807) is 12.1 Å². The van der Waals surface area contributed by atoms with E-state index >= 15 is 0 Å². The summed E-state index contributed by atoms with van der Waals surface area (Å²) in [6, 6.07) is 16.2. The van der Waals surface area contributed by atoms with Crippen molar-refractivity contribution >= 4 is 41.0 Å². The largest absolute Gasteiger partial charge is 0.465 e. The molecular weight excluding hydrogens is 440 g/mol. The SMILES string of the molecule is COC(=O)c1ccc(NC(=O)c2ccc3c(c2)C(=O)N(c2ccc(C(=O)OC)cc2)C3=O)cc1. The number of hydrogen-bond donors (Lipinski definition) is 1. The van der Waals surface area contributed by atoms with E-state index in [1.807, 2.05) is 0 Å². The Morgan fingerprint density at radius 2 is 1.18 bits per heavy atom. The van der Waals surface area contributed by atoms with E-state index in [-0.39, 0.29) is 27.9 Å². The summed E-state index contributed by atoms with van der Waals surface area (Å²) in [5.41, 5.74) is 1.78. The topological polar surface area (TPSA) is 119 Å². The lowest BCUT2D eigenvalue weighted by atomic mass is 10.1. The molecule has 0 saturated heterocycles. The third-order valence-corrected chi connectivity index (χ3v) is 5.26. The number of hydrogen-bond acceptors (Lipinski definition) is 7. The number of nitrogens with one attached hydrogen (secondary N) is 1. The second kappa shape index (κ2) is 8.99. The molecule has 1 aliphatic rings. The molecule has 4 rings (SSSR count). The molecule has 1 N–H and O–H groups in total. The van der Waals surface area contributed by atoms with Crippen molar-refractivity contribution in [3.8, 4) is 0 Å². The lowest BCUT2D eigenvalue weighted by Gasteiger charge is -2.14. The van der Waals surface area contributed by atoms with E-state index in [1.165, 1.54) is 68.8 Å². The van der Waals surface area contributed by atoms with Crippen LogP contribution in [0.3, 0.4) is 0 Å². The summed E-state index contributed by atoms with van der Waals surface area (Å²) in [7, 11) is 2.53. The summed E-state index contributed by atoms with van der Waals surface area (Å²) in [5.74, 6) is -2.64. The standard InChI is InChI=1S/C25H18N2O7/c1-33-24(31)14-3-8-17(9-4-14)26-21(28)16-7-12-19-20(13-16)23(30)27(22(19)29)18-10-5-15(6-11-18)25(32)34-2/h3-13H,1-2H3,(H,26,28). The Hall–Kier alpha value is -4.79. The van der Waals surface area contributed by atoms with Crippen molar-refractivity contribution in [3.63, 3.8) is 0 Å². The number of methoxy groups -OCH3 is 2. The second-order valence-corrected chi connectivity index (χ2v) is 7.27. The minimum Gasteiger partial charge on any atom is -0.465 e. The first kappa shape index (κ1) is 22.4. The average Bonchev–Trinajstić information content (AvgIpc) is 3.12. The molecule has 1 heterocycles. The van der Waals surface area contributed by atoms with Crippen LogP contribution < -0.4 is 10.2 Å². The fraction of sp³-hybridized carbons (Fsp3) is 0.0800. The van der Waals surface area contributed by atoms with Gasteiger partial charge in [-0.1, -0.05) is 0 Å². The molecule has 0 aromatic heterocycles. The highest BCUT2D eigenvalue weighted by molar-refractivity contribution is 6.34. The number of carbonyl (C=O) groups excluding carboxylic acids is 5. The monoisotopic (exact) mass is 458 g/mol. The van der Waals surface area contributed by atoms with E-state index in [0.717, 1.165) is 4.90 Å². The molecule has 3 aromatic carbocycles. The molecule has 0 atom stereocenters. The van der Waals surface area contributed by atoms with Gasteiger partial charge in [0.1, 0.15) is 0 Å². The minimum absolute atomic E-state index is 0.0933. The van der Waals surface area contributed by atoms with Gasteiger partial charge in [-0.15, -0.1) is 0 Å². The van der Waals surface area contributed by atoms with Gasteiger partial charge in [0, 0.05) is 11.3 Å². The molecule has 0 fully saturated rings. The molecule has 3 aromatic rings. The summed E-state index contributed by atoms with van der Waals surface area (Å²) in [4.78, 5) is 62.7. The first-order valence-electron chi connectivity index (χ1n) is 10.0. The van der Waals surface area contributed by atoms with Gasteiger partial charge in [0.15, 0.2) is 0 Å². The normalized spacial score (nSPS) is 12.2. The summed E-state index contributed by atoms with van der Waals surface area (Å²) in [6.07, 6.45) is 0. The maximum absolute atomic E-state index is 13.0. The van der Waals surface area contributed by atoms with Crippen LogP contribution in [-0.4, -0.2) is 43.9 Å². The van der Waals surface area contributed by atoms with Crippen molar-refractivity contribution in [2.45, 2.75) is 0 Å². The van der Waals surface area contributed by atoms with E-state index < -0.39 is 29.7 Å². The molecule has 3 amide bonds. The Labute approximate surface area is 193 Å². The first-order valence-corrected chi connectivity index (χ1v) is 10.0. The van der Waals surface area contributed by atoms with Gasteiger partial charge in [-0.3, -0.25) is 14.4 Å². The minimum atomic E-state index is -0.581. The number of esters is 2. The fourth-order valence-electron chi connectivity index (χ4n) is 3.49. The maximum Gasteiger partial charge on any atom is 0.337 e. The third-order valence-electron chi connectivity index (χ3n) is 5.26. The van der Waals surface area contributed by atoms with Crippen LogP contribution in [0.1, 0.15) is 51.8 Å². The number of rotatable bonds is 5. The van der Waals surface area contributed by atoms with Crippen molar-refractivity contribution < 1.29 is 33.4 Å². The van der Waals surface area contributed by atoms with E-state index in [0.29, 0.717) is 11.3 Å². The number of carbonyl (C=O) groups is 5. The van der Waals surface area contributed by atoms with Crippen molar-refractivity contribution in [2.24, 2.45) is 0 Å². The molecule has 0 bridgehead atoms. The third kappa shape index (κ3) is 4.02. The number of anilines is 2. The van der Waals surface area contributed by atoms with Crippen LogP contribution >= 0.6 is 0 Å². The summed E-state index contributed by atoms with van der Waals surface area (Å²) >= 11 is 0. The van der Waals surface area contributed by atoms with Crippen LogP contribution in [0.25, 0.3) is 0 Å². The van der Waals surface area contributed by atoms with Crippen molar-refractivity contribution in [1.29, 1.82) is 0 Å². The number of amides is 3. The molecule has 9 heteroatoms. The Morgan fingerprint density at radius 3 is 1.74 bits per heavy atom. The highest BCUT2D eigenvalue weighted by Crippen LogP contribution is 2.29. The first-order chi connectivity index (χ1) is 16.3. The van der Waals surface area contributed by atoms with Crippen LogP contribution in [0.5, 0.6) is 0 Å². The van der Waals surface area contributed by atoms with Gasteiger partial charge in [-0.25, -0.2) is 14.5 Å². The molecule has 34 heavy (non-hydrogen) atoms. The number of nitrogens with zero attached hydrogens (tertiary/aromatic N) is 1. The highest BCUT2D eigenvalue weighted by atomic mass is 16.5. The van der Waals surface area contributed by atoms with Gasteiger partial charge < -0.3 is 14.8 Å². The van der Waals surface area contributed by atoms with E-state index in [9.17, 15) is 24.0 Å². The smallest absolute Gasteiger partial charge is 0.337 e. The molecule has 0 saturated carbocycles. The Morgan fingerprint density at radius 1 is 0.676 bits per heavy atom. The van der Waals surface area contributed by atoms with Crippen LogP contribution in [0.15, 0.2) is 66.7 Å². The molecular formula is C25H18N2O7. The predicted octanol–water partition coefficient (Wildman–Crippen LogP) is 3.31. The molecule has 0 unspecified atom stereocenters. The lowest BCUT2D eigenvalue weighted by Crippen LogP contribution is -2.29. The number of ether oxygens (including phenoxy) is 2. The predicted molar refractivity (Wildman–Crippen MR) is 121 cm³/mol. The summed E-state index contributed by atoms with van der Waals surface area (Å²) in [6.45, 7) is 0. The van der Waals surface area contributed by atoms with Gasteiger partial charge in [0.2, 0.25) is 0 Å². The van der Waals surface area contributed by atoms with Gasteiger partial charge >= 0.3 is 11.9 Å². The zero-order valence-corrected chi connectivity index (χ0v) is 18.2. The molecule has 1 aliphatic heterocycles. The maximum atomic E-state index is 13.0. The molecule has 0 radical (unpaired) electrons. The van der Waals surface area contributed by atoms with Crippen LogP contribution in [0, 0.1) is 0 Å². The van der Waals surface area contributed by atoms with Crippen molar-refractivity contribution in [2.75, 3.05) is 24.4 Å². The molecule has 0 aliphatic carbocycles. The van der Waals surface area contributed by atoms with Crippen LogP contribution in [0.2, 0.25) is 0 Å². The molecule has 9 nitrogen and oxygen atoms in total. The summed E-state index contributed by atoms with van der Waals surface area (Å²) < 4.78 is 9.29. The van der Waals surface area contributed by atoms with E-state index in [4.69, 9.17) is 0 Å². The van der Waals surface area contributed by atoms with Gasteiger partial charge in [0.25, 0.3) is 17.7 Å². The average molecular weight is 458 g/mol. The van der Waals surface area contributed by atoms with Crippen LogP contribution in [-0.2, 0) is 9.47 Å². The zero-order valence-electron chi connectivity index (χ0n) is 18.2. The number of benzene rings is 3.